The molecule has 0 bridgehead atoms. The van der Waals surface area contributed by atoms with Crippen molar-refractivity contribution in [2.45, 2.75) is 45.4 Å². The molecule has 0 aliphatic rings. The Hall–Kier alpha value is -2.36. The summed E-state index contributed by atoms with van der Waals surface area (Å²) in [7, 11) is -1.70. The number of aromatic nitrogens is 2. The maximum Gasteiger partial charge on any atom is 0.192 e. The van der Waals surface area contributed by atoms with Gasteiger partial charge in [-0.3, -0.25) is 0 Å². The van der Waals surface area contributed by atoms with Crippen molar-refractivity contribution in [2.24, 2.45) is 0 Å². The van der Waals surface area contributed by atoms with E-state index < -0.39 is 8.32 Å². The molecule has 34 heavy (non-hydrogen) atoms. The van der Waals surface area contributed by atoms with Gasteiger partial charge >= 0.3 is 0 Å². The van der Waals surface area contributed by atoms with Gasteiger partial charge in [-0.2, -0.15) is 0 Å². The lowest BCUT2D eigenvalue weighted by atomic mass is 10.2. The predicted octanol–water partition coefficient (Wildman–Crippen LogP) is 9.46. The van der Waals surface area contributed by atoms with Gasteiger partial charge in [0.25, 0.3) is 0 Å². The minimum Gasteiger partial charge on any atom is -0.415 e. The Labute approximate surface area is 219 Å². The Morgan fingerprint density at radius 3 is 2.21 bits per heavy atom. The quantitative estimate of drug-likeness (QED) is 0.184. The van der Waals surface area contributed by atoms with Gasteiger partial charge in [0.1, 0.15) is 0 Å². The van der Waals surface area contributed by atoms with Gasteiger partial charge < -0.3 is 14.0 Å². The van der Waals surface area contributed by atoms with E-state index in [-0.39, 0.29) is 5.04 Å². The molecule has 0 radical (unpaired) electrons. The second-order valence-corrected chi connectivity index (χ2v) is 16.1. The summed E-state index contributed by atoms with van der Waals surface area (Å²) in [6.07, 6.45) is 3.95. The minimum absolute atomic E-state index is 0.233. The number of rotatable bonds is 4. The molecule has 0 atom stereocenters. The number of hydrogen-bond acceptors (Lipinski definition) is 1. The van der Waals surface area contributed by atoms with Crippen LogP contribution in [0.2, 0.25) is 18.1 Å². The van der Waals surface area contributed by atoms with E-state index in [0.717, 1.165) is 43.9 Å². The fourth-order valence-electron chi connectivity index (χ4n) is 3.26. The highest BCUT2D eigenvalue weighted by atomic mass is 79.9. The van der Waals surface area contributed by atoms with Crippen molar-refractivity contribution in [1.29, 1.82) is 0 Å². The van der Waals surface area contributed by atoms with Crippen molar-refractivity contribution in [3.8, 4) is 0 Å². The Bertz CT molecular complexity index is 1400. The Morgan fingerprint density at radius 2 is 1.59 bits per heavy atom. The molecule has 2 aromatic carbocycles. The van der Waals surface area contributed by atoms with Crippen molar-refractivity contribution in [3.63, 3.8) is 0 Å². The molecule has 0 saturated heterocycles. The van der Waals surface area contributed by atoms with Gasteiger partial charge in [-0.05, 0) is 74.3 Å². The van der Waals surface area contributed by atoms with Crippen LogP contribution in [0.4, 0.5) is 11.4 Å². The van der Waals surface area contributed by atoms with Crippen molar-refractivity contribution < 1.29 is 4.43 Å². The minimum atomic E-state index is -1.70. The van der Waals surface area contributed by atoms with Crippen LogP contribution >= 0.6 is 31.9 Å². The van der Waals surface area contributed by atoms with Gasteiger partial charge in [0.2, 0.25) is 0 Å². The summed E-state index contributed by atoms with van der Waals surface area (Å²) in [6, 6.07) is 11.4. The molecule has 4 rings (SSSR count). The van der Waals surface area contributed by atoms with Crippen molar-refractivity contribution in [2.75, 3.05) is 6.61 Å². The van der Waals surface area contributed by atoms with E-state index in [4.69, 9.17) is 17.6 Å². The normalized spacial score (nSPS) is 11.7. The number of aromatic amines is 1. The summed E-state index contributed by atoms with van der Waals surface area (Å²) in [6.45, 7) is 26.8. The van der Waals surface area contributed by atoms with Crippen LogP contribution in [0.3, 0.4) is 0 Å². The van der Waals surface area contributed by atoms with E-state index >= 15 is 0 Å². The third-order valence-electron chi connectivity index (χ3n) is 6.29. The fourth-order valence-corrected chi connectivity index (χ4v) is 5.30. The standard InChI is InChI=1S/C17H23BrN2OSi.C9H5BrN2/c1-17(2,3)22(5,6)21-10-9-20-12-15(18)14-11-13(19-4)7-8-16(14)20;1-11-6-2-3-9-7(4-6)8(10)5-12-9/h7-8,11-12H,9-10H2,1-3,5-6H3;2-5,12H. The first-order chi connectivity index (χ1) is 16.0. The smallest absolute Gasteiger partial charge is 0.192 e. The molecular formula is C26H28Br2N4OSi. The summed E-state index contributed by atoms with van der Waals surface area (Å²) < 4.78 is 10.5. The second kappa shape index (κ2) is 10.5. The lowest BCUT2D eigenvalue weighted by Gasteiger charge is -2.36. The fraction of sp³-hybridized carbons (Fsp3) is 0.308. The molecule has 0 aliphatic carbocycles. The van der Waals surface area contributed by atoms with Crippen LogP contribution in [0.5, 0.6) is 0 Å². The SMILES string of the molecule is [C-]#[N+]c1ccc2[nH]cc(Br)c2c1.[C-]#[N+]c1ccc2c(c1)c(Br)cn2CCO[Si](C)(C)C(C)(C)C. The molecule has 4 aromatic rings. The monoisotopic (exact) mass is 598 g/mol. The van der Waals surface area contributed by atoms with Gasteiger partial charge in [0.05, 0.1) is 19.8 Å². The highest BCUT2D eigenvalue weighted by molar-refractivity contribution is 9.11. The molecule has 2 heterocycles. The molecule has 0 unspecified atom stereocenters. The molecule has 0 spiro atoms. The molecule has 8 heteroatoms. The van der Waals surface area contributed by atoms with Crippen molar-refractivity contribution in [3.05, 3.63) is 80.6 Å². The van der Waals surface area contributed by atoms with Crippen LogP contribution in [0.15, 0.2) is 57.7 Å². The summed E-state index contributed by atoms with van der Waals surface area (Å²) in [5.74, 6) is 0. The number of hydrogen-bond donors (Lipinski definition) is 1. The highest BCUT2D eigenvalue weighted by Crippen LogP contribution is 2.36. The van der Waals surface area contributed by atoms with E-state index in [2.05, 4.69) is 91.2 Å². The molecule has 0 fully saturated rings. The Balaban J connectivity index is 0.000000226. The Morgan fingerprint density at radius 1 is 0.971 bits per heavy atom. The van der Waals surface area contributed by atoms with Gasteiger partial charge in [-0.15, -0.1) is 0 Å². The average Bonchev–Trinajstić information content (AvgIpc) is 3.32. The number of H-pyrrole nitrogens is 1. The number of halogens is 2. The van der Waals surface area contributed by atoms with Gasteiger partial charge in [0, 0.05) is 49.7 Å². The number of fused-ring (bicyclic) bond motifs is 2. The number of nitrogens with zero attached hydrogens (tertiary/aromatic N) is 3. The zero-order chi connectivity index (χ0) is 25.1. The first kappa shape index (κ1) is 26.2. The van der Waals surface area contributed by atoms with Crippen LogP contribution in [0.1, 0.15) is 20.8 Å². The first-order valence-electron chi connectivity index (χ1n) is 10.9. The summed E-state index contributed by atoms with van der Waals surface area (Å²) in [4.78, 5) is 9.94. The topological polar surface area (TPSA) is 38.7 Å². The molecule has 5 nitrogen and oxygen atoms in total. The zero-order valence-corrected chi connectivity index (χ0v) is 24.2. The zero-order valence-electron chi connectivity index (χ0n) is 20.0. The van der Waals surface area contributed by atoms with E-state index in [0.29, 0.717) is 11.4 Å². The van der Waals surface area contributed by atoms with Gasteiger partial charge in [-0.1, -0.05) is 32.9 Å². The molecule has 0 amide bonds. The molecule has 0 saturated carbocycles. The van der Waals surface area contributed by atoms with Crippen molar-refractivity contribution in [1.82, 2.24) is 9.55 Å². The maximum atomic E-state index is 7.12. The van der Waals surface area contributed by atoms with Crippen LogP contribution in [-0.2, 0) is 11.0 Å². The maximum absolute atomic E-state index is 7.12. The van der Waals surface area contributed by atoms with E-state index in [1.807, 2.05) is 36.5 Å². The molecule has 0 aliphatic heterocycles. The van der Waals surface area contributed by atoms with Crippen LogP contribution in [0.25, 0.3) is 31.5 Å². The third-order valence-corrected chi connectivity index (χ3v) is 12.1. The lowest BCUT2D eigenvalue weighted by molar-refractivity contribution is 0.273. The van der Waals surface area contributed by atoms with E-state index in [9.17, 15) is 0 Å². The number of benzene rings is 2. The van der Waals surface area contributed by atoms with Crippen LogP contribution in [0, 0.1) is 13.1 Å². The molecule has 1 N–H and O–H groups in total. The van der Waals surface area contributed by atoms with Crippen molar-refractivity contribution >= 4 is 73.4 Å². The second-order valence-electron chi connectivity index (χ2n) is 9.57. The summed E-state index contributed by atoms with van der Waals surface area (Å²) in [5, 5.41) is 2.38. The summed E-state index contributed by atoms with van der Waals surface area (Å²) >= 11 is 6.98. The summed E-state index contributed by atoms with van der Waals surface area (Å²) in [5.41, 5.74) is 3.53. The van der Waals surface area contributed by atoms with Gasteiger partial charge in [-0.25, -0.2) is 9.69 Å². The highest BCUT2D eigenvalue weighted by Gasteiger charge is 2.36. The third kappa shape index (κ3) is 5.82. The number of nitrogens with one attached hydrogen (secondary N) is 1. The van der Waals surface area contributed by atoms with Crippen LogP contribution < -0.4 is 0 Å². The Kier molecular flexibility index (Phi) is 8.10. The lowest BCUT2D eigenvalue weighted by Crippen LogP contribution is -2.41. The predicted molar refractivity (Wildman–Crippen MR) is 151 cm³/mol. The first-order valence-corrected chi connectivity index (χ1v) is 15.4. The molecular weight excluding hydrogens is 572 g/mol. The largest absolute Gasteiger partial charge is 0.415 e. The van der Waals surface area contributed by atoms with Crippen LogP contribution in [-0.4, -0.2) is 24.5 Å². The van der Waals surface area contributed by atoms with Gasteiger partial charge in [0.15, 0.2) is 19.7 Å². The van der Waals surface area contributed by atoms with E-state index in [1.165, 1.54) is 0 Å². The molecule has 176 valence electrons. The average molecular weight is 600 g/mol. The molecule has 2 aromatic heterocycles. The van der Waals surface area contributed by atoms with E-state index in [1.54, 1.807) is 6.07 Å².